The van der Waals surface area contributed by atoms with E-state index in [9.17, 15) is 13.2 Å². The third-order valence-corrected chi connectivity index (χ3v) is 8.14. The molecule has 1 amide bonds. The average Bonchev–Trinajstić information content (AvgIpc) is 3.38. The molecule has 11 heteroatoms. The summed E-state index contributed by atoms with van der Waals surface area (Å²) in [5, 5.41) is 3.42. The number of thioether (sulfide) groups is 1. The van der Waals surface area contributed by atoms with Gasteiger partial charge in [0.05, 0.1) is 22.0 Å². The first kappa shape index (κ1) is 27.1. The third kappa shape index (κ3) is 6.56. The van der Waals surface area contributed by atoms with E-state index in [4.69, 9.17) is 4.98 Å². The average molecular weight is 571 g/mol. The van der Waals surface area contributed by atoms with Crippen molar-refractivity contribution < 1.29 is 13.2 Å². The number of H-pyrrole nitrogens is 1. The van der Waals surface area contributed by atoms with Gasteiger partial charge in [0.1, 0.15) is 0 Å². The van der Waals surface area contributed by atoms with E-state index >= 15 is 0 Å². The van der Waals surface area contributed by atoms with Gasteiger partial charge in [-0.15, -0.1) is 0 Å². The fraction of sp³-hybridized carbons (Fsp3) is 0.103. The van der Waals surface area contributed by atoms with Crippen molar-refractivity contribution in [2.45, 2.75) is 23.9 Å². The van der Waals surface area contributed by atoms with Crippen LogP contribution < -0.4 is 10.0 Å². The number of aromatic amines is 1. The minimum absolute atomic E-state index is 0.0223. The monoisotopic (exact) mass is 570 g/mol. The molecule has 0 aliphatic carbocycles. The van der Waals surface area contributed by atoms with Crippen LogP contribution in [0.3, 0.4) is 0 Å². The molecule has 0 unspecified atom stereocenters. The molecule has 0 radical (unpaired) electrons. The number of carbonyl (C=O) groups excluding carboxylic acids is 1. The van der Waals surface area contributed by atoms with Crippen molar-refractivity contribution >= 4 is 39.3 Å². The largest absolute Gasteiger partial charge is 0.332 e. The van der Waals surface area contributed by atoms with Crippen molar-refractivity contribution in [3.63, 3.8) is 0 Å². The van der Waals surface area contributed by atoms with E-state index in [2.05, 4.69) is 37.1 Å². The number of rotatable bonds is 9. The Hall–Kier alpha value is -4.48. The number of imidazole rings is 1. The van der Waals surface area contributed by atoms with Gasteiger partial charge >= 0.3 is 0 Å². The van der Waals surface area contributed by atoms with Gasteiger partial charge in [0.25, 0.3) is 10.0 Å². The van der Waals surface area contributed by atoms with Gasteiger partial charge in [0.15, 0.2) is 5.16 Å². The minimum Gasteiger partial charge on any atom is -0.332 e. The van der Waals surface area contributed by atoms with Gasteiger partial charge in [0.2, 0.25) is 11.9 Å². The smallest absolute Gasteiger partial charge is 0.264 e. The van der Waals surface area contributed by atoms with E-state index in [0.29, 0.717) is 10.8 Å². The summed E-state index contributed by atoms with van der Waals surface area (Å²) in [6.45, 7) is 4.08. The molecular weight excluding hydrogens is 544 g/mol. The van der Waals surface area contributed by atoms with Gasteiger partial charge in [-0.2, -0.15) is 0 Å². The molecule has 0 saturated heterocycles. The Labute approximate surface area is 236 Å². The molecule has 9 nitrogen and oxygen atoms in total. The molecule has 3 aromatic carbocycles. The van der Waals surface area contributed by atoms with Crippen LogP contribution >= 0.6 is 11.8 Å². The maximum absolute atomic E-state index is 12.7. The van der Waals surface area contributed by atoms with Gasteiger partial charge in [0, 0.05) is 29.2 Å². The third-order valence-electron chi connectivity index (χ3n) is 5.93. The lowest BCUT2D eigenvalue weighted by molar-refractivity contribution is -0.113. The lowest BCUT2D eigenvalue weighted by Gasteiger charge is -2.08. The summed E-state index contributed by atoms with van der Waals surface area (Å²) in [6, 6.07) is 23.8. The van der Waals surface area contributed by atoms with Crippen molar-refractivity contribution in [2.75, 3.05) is 15.8 Å². The molecule has 0 bridgehead atoms. The van der Waals surface area contributed by atoms with Crippen LogP contribution in [0.4, 0.5) is 11.6 Å². The van der Waals surface area contributed by atoms with Crippen molar-refractivity contribution in [3.05, 3.63) is 102 Å². The minimum atomic E-state index is -3.86. The number of aryl methyl sites for hydroxylation is 2. The molecule has 0 aliphatic heterocycles. The summed E-state index contributed by atoms with van der Waals surface area (Å²) in [5.74, 6) is -0.159. The molecule has 202 valence electrons. The van der Waals surface area contributed by atoms with Gasteiger partial charge < -0.3 is 10.3 Å². The topological polar surface area (TPSA) is 130 Å². The Morgan fingerprint density at radius 3 is 2.08 bits per heavy atom. The van der Waals surface area contributed by atoms with Gasteiger partial charge in [-0.3, -0.25) is 4.79 Å². The zero-order valence-electron chi connectivity index (χ0n) is 21.8. The van der Waals surface area contributed by atoms with Crippen LogP contribution in [0.1, 0.15) is 11.1 Å². The normalized spacial score (nSPS) is 11.2. The fourth-order valence-corrected chi connectivity index (χ4v) is 5.48. The second-order valence-corrected chi connectivity index (χ2v) is 11.7. The number of sulfonamides is 1. The molecule has 3 N–H and O–H groups in total. The zero-order chi connectivity index (χ0) is 28.1. The molecule has 0 fully saturated rings. The molecule has 0 atom stereocenters. The van der Waals surface area contributed by atoms with Crippen LogP contribution in [0.2, 0.25) is 0 Å². The van der Waals surface area contributed by atoms with E-state index in [0.717, 1.165) is 28.1 Å². The standard InChI is InChI=1S/C29H26N6O3S2/c1-19-4-8-21(9-5-19)26-27(22-10-6-20(2)7-11-22)34-29(33-26)39-18-25(36)32-23-12-14-24(15-13-23)40(37,38)35-28-30-16-3-17-31-28/h3-17H,18H2,1-2H3,(H,32,36)(H,33,34)(H,30,31,35). The SMILES string of the molecule is Cc1ccc(-c2nc(SCC(=O)Nc3ccc(S(=O)(=O)Nc4ncccn4)cc3)[nH]c2-c2ccc(C)cc2)cc1. The summed E-state index contributed by atoms with van der Waals surface area (Å²) in [5.41, 5.74) is 6.50. The van der Waals surface area contributed by atoms with E-state index in [1.54, 1.807) is 6.07 Å². The molecule has 5 aromatic rings. The number of hydrogen-bond acceptors (Lipinski definition) is 7. The van der Waals surface area contributed by atoms with Gasteiger partial charge in [-0.25, -0.2) is 28.1 Å². The number of nitrogens with zero attached hydrogens (tertiary/aromatic N) is 3. The second-order valence-electron chi connectivity index (χ2n) is 9.04. The van der Waals surface area contributed by atoms with Crippen LogP contribution in [0, 0.1) is 13.8 Å². The highest BCUT2D eigenvalue weighted by molar-refractivity contribution is 7.99. The number of anilines is 2. The summed E-state index contributed by atoms with van der Waals surface area (Å²) in [6.07, 6.45) is 2.88. The Balaban J connectivity index is 1.26. The Kier molecular flexibility index (Phi) is 7.94. The van der Waals surface area contributed by atoms with Crippen LogP contribution in [0.25, 0.3) is 22.5 Å². The van der Waals surface area contributed by atoms with E-state index in [1.165, 1.54) is 54.0 Å². The highest BCUT2D eigenvalue weighted by Gasteiger charge is 2.17. The van der Waals surface area contributed by atoms with E-state index in [1.807, 2.05) is 50.2 Å². The van der Waals surface area contributed by atoms with Crippen LogP contribution in [0.5, 0.6) is 0 Å². The zero-order valence-corrected chi connectivity index (χ0v) is 23.4. The van der Waals surface area contributed by atoms with E-state index < -0.39 is 10.0 Å². The number of carbonyl (C=O) groups is 1. The van der Waals surface area contributed by atoms with Crippen LogP contribution in [-0.2, 0) is 14.8 Å². The Bertz CT molecular complexity index is 1660. The summed E-state index contributed by atoms with van der Waals surface area (Å²) >= 11 is 1.29. The first-order chi connectivity index (χ1) is 19.3. The number of hydrogen-bond donors (Lipinski definition) is 3. The highest BCUT2D eigenvalue weighted by atomic mass is 32.2. The molecule has 2 heterocycles. The maximum Gasteiger partial charge on any atom is 0.264 e. The Morgan fingerprint density at radius 1 is 0.850 bits per heavy atom. The molecule has 0 aliphatic rings. The Morgan fingerprint density at radius 2 is 1.45 bits per heavy atom. The van der Waals surface area contributed by atoms with Crippen molar-refractivity contribution in [1.82, 2.24) is 19.9 Å². The summed E-state index contributed by atoms with van der Waals surface area (Å²) in [4.78, 5) is 28.6. The van der Waals surface area contributed by atoms with Gasteiger partial charge in [-0.1, -0.05) is 71.4 Å². The quantitative estimate of drug-likeness (QED) is 0.194. The molecule has 0 spiro atoms. The summed E-state index contributed by atoms with van der Waals surface area (Å²) in [7, 11) is -3.86. The summed E-state index contributed by atoms with van der Waals surface area (Å²) < 4.78 is 27.5. The predicted molar refractivity (Wildman–Crippen MR) is 158 cm³/mol. The van der Waals surface area contributed by atoms with Crippen molar-refractivity contribution in [3.8, 4) is 22.5 Å². The van der Waals surface area contributed by atoms with Gasteiger partial charge in [-0.05, 0) is 44.2 Å². The van der Waals surface area contributed by atoms with E-state index in [-0.39, 0.29) is 22.5 Å². The maximum atomic E-state index is 12.7. The van der Waals surface area contributed by atoms with Crippen LogP contribution in [-0.4, -0.2) is 40.0 Å². The molecule has 0 saturated carbocycles. The van der Waals surface area contributed by atoms with Crippen molar-refractivity contribution in [1.29, 1.82) is 0 Å². The molecule has 2 aromatic heterocycles. The first-order valence-corrected chi connectivity index (χ1v) is 14.8. The molecular formula is C29H26N6O3S2. The number of nitrogens with one attached hydrogen (secondary N) is 3. The fourth-order valence-electron chi connectivity index (χ4n) is 3.85. The lowest BCUT2D eigenvalue weighted by Crippen LogP contribution is -2.16. The first-order valence-electron chi connectivity index (χ1n) is 12.3. The highest BCUT2D eigenvalue weighted by Crippen LogP contribution is 2.33. The second kappa shape index (κ2) is 11.7. The molecule has 5 rings (SSSR count). The number of benzene rings is 3. The lowest BCUT2D eigenvalue weighted by atomic mass is 10.0. The molecule has 40 heavy (non-hydrogen) atoms. The van der Waals surface area contributed by atoms with Crippen LogP contribution in [0.15, 0.2) is 101 Å². The van der Waals surface area contributed by atoms with Crippen molar-refractivity contribution in [2.24, 2.45) is 0 Å². The number of aromatic nitrogens is 4. The predicted octanol–water partition coefficient (Wildman–Crippen LogP) is 5.68. The number of amides is 1.